The molecule has 138 valence electrons. The van der Waals surface area contributed by atoms with Gasteiger partial charge in [-0.05, 0) is 31.9 Å². The minimum atomic E-state index is -0.336. The fourth-order valence-corrected chi connectivity index (χ4v) is 4.56. The highest BCUT2D eigenvalue weighted by Gasteiger charge is 2.21. The molecule has 0 aliphatic carbocycles. The first-order valence-corrected chi connectivity index (χ1v) is 9.91. The van der Waals surface area contributed by atoms with Crippen molar-refractivity contribution in [3.05, 3.63) is 50.8 Å². The first-order chi connectivity index (χ1) is 13.0. The number of allylic oxidation sites excluding steroid dienone is 1. The molecule has 0 saturated heterocycles. The van der Waals surface area contributed by atoms with E-state index in [1.165, 1.54) is 11.3 Å². The smallest absolute Gasteiger partial charge is 0.283 e. The SMILES string of the molecule is CCC(CC)c1nn2c(N)c(C=C3C(C)=Nc4ccccc43)c(=O)nc2s1. The summed E-state index contributed by atoms with van der Waals surface area (Å²) in [5, 5.41) is 5.61. The van der Waals surface area contributed by atoms with Crippen LogP contribution in [0.1, 0.15) is 55.7 Å². The molecule has 1 aliphatic rings. The summed E-state index contributed by atoms with van der Waals surface area (Å²) in [5.41, 5.74) is 10.0. The third-order valence-electron chi connectivity index (χ3n) is 5.00. The molecule has 0 fully saturated rings. The Balaban J connectivity index is 1.88. The highest BCUT2D eigenvalue weighted by molar-refractivity contribution is 7.16. The number of anilines is 1. The summed E-state index contributed by atoms with van der Waals surface area (Å²) in [4.78, 5) is 22.0. The van der Waals surface area contributed by atoms with Crippen molar-refractivity contribution in [2.24, 2.45) is 4.99 Å². The van der Waals surface area contributed by atoms with Crippen LogP contribution in [-0.2, 0) is 0 Å². The Labute approximate surface area is 161 Å². The first-order valence-electron chi connectivity index (χ1n) is 9.09. The number of aromatic nitrogens is 3. The lowest BCUT2D eigenvalue weighted by Gasteiger charge is -2.06. The van der Waals surface area contributed by atoms with Gasteiger partial charge in [0, 0.05) is 22.8 Å². The van der Waals surface area contributed by atoms with Crippen molar-refractivity contribution < 1.29 is 0 Å². The van der Waals surface area contributed by atoms with Crippen molar-refractivity contribution in [3.63, 3.8) is 0 Å². The van der Waals surface area contributed by atoms with Crippen LogP contribution in [0, 0.1) is 0 Å². The molecule has 0 bridgehead atoms. The van der Waals surface area contributed by atoms with E-state index in [4.69, 9.17) is 5.73 Å². The Morgan fingerprint density at radius 2 is 2.00 bits per heavy atom. The molecule has 0 atom stereocenters. The average molecular weight is 379 g/mol. The molecular weight excluding hydrogens is 358 g/mol. The molecular formula is C20H21N5OS. The van der Waals surface area contributed by atoms with Gasteiger partial charge in [-0.3, -0.25) is 9.79 Å². The van der Waals surface area contributed by atoms with Crippen LogP contribution in [0.2, 0.25) is 0 Å². The van der Waals surface area contributed by atoms with Gasteiger partial charge in [0.25, 0.3) is 5.56 Å². The van der Waals surface area contributed by atoms with Gasteiger partial charge in [0.05, 0.1) is 11.3 Å². The Kier molecular flexibility index (Phi) is 4.39. The Hall–Kier alpha value is -2.80. The molecule has 1 aliphatic heterocycles. The Bertz CT molecular complexity index is 1150. The van der Waals surface area contributed by atoms with Gasteiger partial charge in [0.2, 0.25) is 4.96 Å². The normalized spacial score (nSPS) is 15.0. The highest BCUT2D eigenvalue weighted by Crippen LogP contribution is 2.36. The zero-order valence-corrected chi connectivity index (χ0v) is 16.4. The molecule has 0 unspecified atom stereocenters. The molecule has 6 nitrogen and oxygen atoms in total. The van der Waals surface area contributed by atoms with Gasteiger partial charge >= 0.3 is 0 Å². The fourth-order valence-electron chi connectivity index (χ4n) is 3.40. The monoisotopic (exact) mass is 379 g/mol. The van der Waals surface area contributed by atoms with Crippen LogP contribution >= 0.6 is 11.3 Å². The Morgan fingerprint density at radius 1 is 1.26 bits per heavy atom. The number of hydrogen-bond acceptors (Lipinski definition) is 6. The minimum Gasteiger partial charge on any atom is -0.383 e. The second kappa shape index (κ2) is 6.74. The van der Waals surface area contributed by atoms with E-state index in [0.29, 0.717) is 22.3 Å². The van der Waals surface area contributed by atoms with Gasteiger partial charge < -0.3 is 5.73 Å². The molecule has 0 amide bonds. The van der Waals surface area contributed by atoms with Gasteiger partial charge in [-0.2, -0.15) is 14.6 Å². The summed E-state index contributed by atoms with van der Waals surface area (Å²) < 4.78 is 1.60. The summed E-state index contributed by atoms with van der Waals surface area (Å²) in [6, 6.07) is 7.86. The van der Waals surface area contributed by atoms with Gasteiger partial charge in [-0.25, -0.2) is 0 Å². The summed E-state index contributed by atoms with van der Waals surface area (Å²) in [5.74, 6) is 0.673. The molecule has 3 heterocycles. The second-order valence-corrected chi connectivity index (χ2v) is 7.62. The van der Waals surface area contributed by atoms with Gasteiger partial charge in [-0.15, -0.1) is 0 Å². The average Bonchev–Trinajstić information content (AvgIpc) is 3.20. The standard InChI is InChI=1S/C20H21N5OS/c1-4-12(5-2)19-24-25-17(21)15(18(26)23-20(25)27-19)10-14-11(3)22-16-9-7-6-8-13(14)16/h6-10,12H,4-5,21H2,1-3H3. The molecule has 0 radical (unpaired) electrons. The number of para-hydroxylation sites is 1. The molecule has 1 aromatic carbocycles. The van der Waals surface area contributed by atoms with Crippen LogP contribution in [0.15, 0.2) is 34.1 Å². The number of nitrogens with two attached hydrogens (primary N) is 1. The third kappa shape index (κ3) is 2.88. The lowest BCUT2D eigenvalue weighted by atomic mass is 10.0. The quantitative estimate of drug-likeness (QED) is 0.733. The number of rotatable bonds is 4. The Morgan fingerprint density at radius 3 is 2.74 bits per heavy atom. The zero-order chi connectivity index (χ0) is 19.1. The van der Waals surface area contributed by atoms with E-state index < -0.39 is 0 Å². The summed E-state index contributed by atoms with van der Waals surface area (Å²) in [6.45, 7) is 6.20. The van der Waals surface area contributed by atoms with Crippen molar-refractivity contribution in [1.82, 2.24) is 14.6 Å². The molecule has 4 rings (SSSR count). The van der Waals surface area contributed by atoms with E-state index in [1.54, 1.807) is 10.6 Å². The lowest BCUT2D eigenvalue weighted by molar-refractivity contribution is 0.626. The second-order valence-electron chi connectivity index (χ2n) is 6.64. The van der Waals surface area contributed by atoms with Crippen molar-refractivity contribution in [3.8, 4) is 0 Å². The van der Waals surface area contributed by atoms with E-state index in [0.717, 1.165) is 40.4 Å². The summed E-state index contributed by atoms with van der Waals surface area (Å²) in [7, 11) is 0. The molecule has 2 N–H and O–H groups in total. The number of nitrogens with zero attached hydrogens (tertiary/aromatic N) is 4. The van der Waals surface area contributed by atoms with E-state index in [2.05, 4.69) is 28.9 Å². The summed E-state index contributed by atoms with van der Waals surface area (Å²) in [6.07, 6.45) is 3.77. The molecule has 0 saturated carbocycles. The maximum absolute atomic E-state index is 12.7. The van der Waals surface area contributed by atoms with Gasteiger partial charge in [-0.1, -0.05) is 43.4 Å². The lowest BCUT2D eigenvalue weighted by Crippen LogP contribution is -2.17. The molecule has 27 heavy (non-hydrogen) atoms. The molecule has 0 spiro atoms. The number of fused-ring (bicyclic) bond motifs is 2. The summed E-state index contributed by atoms with van der Waals surface area (Å²) >= 11 is 1.44. The zero-order valence-electron chi connectivity index (χ0n) is 15.6. The first kappa shape index (κ1) is 17.6. The van der Waals surface area contributed by atoms with E-state index in [-0.39, 0.29) is 5.56 Å². The molecule has 7 heteroatoms. The van der Waals surface area contributed by atoms with E-state index in [1.807, 2.05) is 31.2 Å². The number of aliphatic imine (C=N–C) groups is 1. The van der Waals surface area contributed by atoms with Crippen molar-refractivity contribution >= 4 is 45.2 Å². The van der Waals surface area contributed by atoms with E-state index >= 15 is 0 Å². The number of hydrogen-bond donors (Lipinski definition) is 1. The van der Waals surface area contributed by atoms with Gasteiger partial charge in [0.1, 0.15) is 10.8 Å². The predicted molar refractivity (Wildman–Crippen MR) is 112 cm³/mol. The van der Waals surface area contributed by atoms with Crippen molar-refractivity contribution in [2.75, 3.05) is 5.73 Å². The van der Waals surface area contributed by atoms with Crippen LogP contribution in [0.5, 0.6) is 0 Å². The van der Waals surface area contributed by atoms with Crippen LogP contribution < -0.4 is 11.3 Å². The van der Waals surface area contributed by atoms with Crippen LogP contribution in [0.4, 0.5) is 11.5 Å². The van der Waals surface area contributed by atoms with Crippen molar-refractivity contribution in [1.29, 1.82) is 0 Å². The highest BCUT2D eigenvalue weighted by atomic mass is 32.1. The van der Waals surface area contributed by atoms with Crippen LogP contribution in [0.3, 0.4) is 0 Å². The van der Waals surface area contributed by atoms with Crippen LogP contribution in [0.25, 0.3) is 16.6 Å². The molecule has 3 aromatic rings. The van der Waals surface area contributed by atoms with E-state index in [9.17, 15) is 4.79 Å². The molecule has 2 aromatic heterocycles. The fraction of sp³-hybridized carbons (Fsp3) is 0.300. The largest absolute Gasteiger partial charge is 0.383 e. The minimum absolute atomic E-state index is 0.322. The predicted octanol–water partition coefficient (Wildman–Crippen LogP) is 4.28. The van der Waals surface area contributed by atoms with Crippen LogP contribution in [-0.4, -0.2) is 20.3 Å². The number of nitrogen functional groups attached to an aromatic ring is 1. The topological polar surface area (TPSA) is 85.6 Å². The van der Waals surface area contributed by atoms with Crippen molar-refractivity contribution in [2.45, 2.75) is 39.5 Å². The number of benzene rings is 1. The van der Waals surface area contributed by atoms with Gasteiger partial charge in [0.15, 0.2) is 0 Å². The maximum Gasteiger partial charge on any atom is 0.283 e. The third-order valence-corrected chi connectivity index (χ3v) is 6.07. The maximum atomic E-state index is 12.7.